The number of unbranched alkanes of at least 4 members (excludes halogenated alkanes) is 3. The standard InChI is InChI=1S/C19H31BN2O6/c1-6-7-8-9-10-19(2,3)15-11-16(27-13-25-4)18(20(21-23)22-24)17(12-15)28-14-26-5/h11-12H,6-10,13-14H2,1-5H3. The smallest absolute Gasteiger partial charge is 0.468 e. The summed E-state index contributed by atoms with van der Waals surface area (Å²) in [6.45, 7) is 4.87. The van der Waals surface area contributed by atoms with Crippen molar-refractivity contribution < 1.29 is 18.9 Å². The minimum atomic E-state index is -1.49. The van der Waals surface area contributed by atoms with Gasteiger partial charge in [-0.05, 0) is 29.5 Å². The predicted octanol–water partition coefficient (Wildman–Crippen LogP) is 4.13. The molecule has 0 bridgehead atoms. The van der Waals surface area contributed by atoms with E-state index in [0.717, 1.165) is 18.4 Å². The molecule has 0 aromatic heterocycles. The highest BCUT2D eigenvalue weighted by atomic mass is 16.7. The summed E-state index contributed by atoms with van der Waals surface area (Å²) in [4.78, 5) is 22.3. The lowest BCUT2D eigenvalue weighted by Gasteiger charge is -2.28. The van der Waals surface area contributed by atoms with Gasteiger partial charge < -0.3 is 18.9 Å². The fraction of sp³-hybridized carbons (Fsp3) is 0.684. The van der Waals surface area contributed by atoms with Crippen LogP contribution in [0.5, 0.6) is 11.5 Å². The normalized spacial score (nSPS) is 11.2. The number of ether oxygens (including phenoxy) is 4. The van der Waals surface area contributed by atoms with Crippen LogP contribution in [0.2, 0.25) is 0 Å². The number of hydrogen-bond acceptors (Lipinski definition) is 8. The molecular formula is C19H31BN2O6. The zero-order chi connectivity index (χ0) is 21.0. The largest absolute Gasteiger partial charge is 0.555 e. The molecule has 0 N–H and O–H groups in total. The third kappa shape index (κ3) is 6.87. The van der Waals surface area contributed by atoms with Gasteiger partial charge in [-0.1, -0.05) is 56.6 Å². The van der Waals surface area contributed by atoms with Crippen LogP contribution in [0.3, 0.4) is 0 Å². The van der Waals surface area contributed by atoms with Crippen molar-refractivity contribution in [1.29, 1.82) is 0 Å². The van der Waals surface area contributed by atoms with Crippen molar-refractivity contribution in [2.75, 3.05) is 27.8 Å². The van der Waals surface area contributed by atoms with Gasteiger partial charge in [0.15, 0.2) is 13.6 Å². The Morgan fingerprint density at radius 3 is 1.89 bits per heavy atom. The van der Waals surface area contributed by atoms with Crippen molar-refractivity contribution >= 4 is 12.4 Å². The molecule has 9 heteroatoms. The van der Waals surface area contributed by atoms with E-state index in [9.17, 15) is 9.81 Å². The molecule has 0 atom stereocenters. The fourth-order valence-corrected chi connectivity index (χ4v) is 2.99. The number of methoxy groups -OCH3 is 2. The Kier molecular flexibility index (Phi) is 10.7. The average molecular weight is 394 g/mol. The van der Waals surface area contributed by atoms with Gasteiger partial charge in [0, 0.05) is 14.2 Å². The summed E-state index contributed by atoms with van der Waals surface area (Å²) in [5.41, 5.74) is 0.964. The second-order valence-electron chi connectivity index (χ2n) is 7.27. The molecule has 0 aliphatic rings. The molecule has 156 valence electrons. The van der Waals surface area contributed by atoms with E-state index in [1.807, 2.05) is 0 Å². The lowest BCUT2D eigenvalue weighted by molar-refractivity contribution is 0.0472. The summed E-state index contributed by atoms with van der Waals surface area (Å²) in [6.07, 6.45) is 5.62. The average Bonchev–Trinajstić information content (AvgIpc) is 2.69. The summed E-state index contributed by atoms with van der Waals surface area (Å²) in [5, 5.41) is 5.61. The van der Waals surface area contributed by atoms with E-state index >= 15 is 0 Å². The summed E-state index contributed by atoms with van der Waals surface area (Å²) in [6, 6.07) is 3.61. The van der Waals surface area contributed by atoms with Crippen LogP contribution in [-0.2, 0) is 14.9 Å². The summed E-state index contributed by atoms with van der Waals surface area (Å²) in [5.74, 6) is 0.576. The molecule has 1 rings (SSSR count). The molecule has 0 saturated carbocycles. The lowest BCUT2D eigenvalue weighted by Crippen LogP contribution is -2.31. The maximum Gasteiger partial charge on any atom is 0.555 e. The molecule has 0 heterocycles. The lowest BCUT2D eigenvalue weighted by atomic mass is 9.68. The Balaban J connectivity index is 3.36. The van der Waals surface area contributed by atoms with E-state index in [2.05, 4.69) is 30.9 Å². The first-order valence-corrected chi connectivity index (χ1v) is 9.52. The zero-order valence-corrected chi connectivity index (χ0v) is 17.5. The van der Waals surface area contributed by atoms with Gasteiger partial charge in [-0.15, -0.1) is 0 Å². The van der Waals surface area contributed by atoms with Gasteiger partial charge >= 0.3 is 6.98 Å². The second-order valence-corrected chi connectivity index (χ2v) is 7.27. The molecule has 1 aromatic carbocycles. The molecule has 0 radical (unpaired) electrons. The van der Waals surface area contributed by atoms with Gasteiger partial charge in [0.2, 0.25) is 0 Å². The highest BCUT2D eigenvalue weighted by Crippen LogP contribution is 2.34. The minimum absolute atomic E-state index is 0.0540. The van der Waals surface area contributed by atoms with E-state index in [4.69, 9.17) is 18.9 Å². The van der Waals surface area contributed by atoms with Gasteiger partial charge in [0.1, 0.15) is 11.5 Å². The van der Waals surface area contributed by atoms with E-state index in [1.165, 1.54) is 33.5 Å². The van der Waals surface area contributed by atoms with Crippen molar-refractivity contribution in [2.24, 2.45) is 10.2 Å². The van der Waals surface area contributed by atoms with Gasteiger partial charge in [0.25, 0.3) is 0 Å². The van der Waals surface area contributed by atoms with Crippen LogP contribution in [0.25, 0.3) is 0 Å². The van der Waals surface area contributed by atoms with Crippen molar-refractivity contribution in [3.63, 3.8) is 0 Å². The van der Waals surface area contributed by atoms with E-state index in [0.29, 0.717) is 0 Å². The topological polar surface area (TPSA) is 95.8 Å². The number of nitrogens with zero attached hydrogens (tertiary/aromatic N) is 2. The van der Waals surface area contributed by atoms with Crippen LogP contribution in [0.4, 0.5) is 0 Å². The highest BCUT2D eigenvalue weighted by molar-refractivity contribution is 6.71. The Hall–Kier alpha value is -2.00. The van der Waals surface area contributed by atoms with E-state index in [1.54, 1.807) is 12.1 Å². The predicted molar refractivity (Wildman–Crippen MR) is 110 cm³/mol. The molecule has 0 saturated heterocycles. The first kappa shape index (κ1) is 24.0. The van der Waals surface area contributed by atoms with Crippen LogP contribution in [0.1, 0.15) is 58.4 Å². The van der Waals surface area contributed by atoms with Crippen LogP contribution >= 0.6 is 0 Å². The highest BCUT2D eigenvalue weighted by Gasteiger charge is 2.33. The second kappa shape index (κ2) is 12.5. The number of rotatable bonds is 15. The monoisotopic (exact) mass is 394 g/mol. The Bertz CT molecular complexity index is 589. The first-order chi connectivity index (χ1) is 13.4. The van der Waals surface area contributed by atoms with Crippen LogP contribution in [-0.4, -0.2) is 34.8 Å². The van der Waals surface area contributed by atoms with Gasteiger partial charge in [-0.3, -0.25) is 0 Å². The quantitative estimate of drug-likeness (QED) is 0.192. The molecule has 0 aliphatic carbocycles. The van der Waals surface area contributed by atoms with Crippen molar-refractivity contribution in [1.82, 2.24) is 0 Å². The zero-order valence-electron chi connectivity index (χ0n) is 17.5. The van der Waals surface area contributed by atoms with Crippen LogP contribution in [0, 0.1) is 9.81 Å². The maximum atomic E-state index is 11.2. The molecule has 0 amide bonds. The molecular weight excluding hydrogens is 363 g/mol. The van der Waals surface area contributed by atoms with Crippen LogP contribution in [0.15, 0.2) is 22.3 Å². The summed E-state index contributed by atoms with van der Waals surface area (Å²) >= 11 is 0. The Morgan fingerprint density at radius 1 is 0.929 bits per heavy atom. The molecule has 0 aliphatic heterocycles. The molecule has 1 aromatic rings. The Morgan fingerprint density at radius 2 is 1.46 bits per heavy atom. The molecule has 8 nitrogen and oxygen atoms in total. The third-order valence-corrected chi connectivity index (χ3v) is 4.66. The van der Waals surface area contributed by atoms with Crippen molar-refractivity contribution in [3.8, 4) is 11.5 Å². The SMILES string of the molecule is CCCCCCC(C)(C)c1cc(OCOC)c(B(N=O)N=O)c(OCOC)c1. The van der Waals surface area contributed by atoms with Crippen molar-refractivity contribution in [2.45, 2.75) is 58.3 Å². The molecule has 0 fully saturated rings. The summed E-state index contributed by atoms with van der Waals surface area (Å²) in [7, 11) is 2.97. The van der Waals surface area contributed by atoms with Gasteiger partial charge in [-0.25, -0.2) is 0 Å². The Labute approximate surface area is 167 Å². The third-order valence-electron chi connectivity index (χ3n) is 4.66. The summed E-state index contributed by atoms with van der Waals surface area (Å²) < 4.78 is 21.2. The number of benzene rings is 1. The minimum Gasteiger partial charge on any atom is -0.468 e. The van der Waals surface area contributed by atoms with Gasteiger partial charge in [-0.2, -0.15) is 9.81 Å². The maximum absolute atomic E-state index is 11.2. The number of hydrogen-bond donors (Lipinski definition) is 0. The first-order valence-electron chi connectivity index (χ1n) is 9.52. The van der Waals surface area contributed by atoms with Crippen molar-refractivity contribution in [3.05, 3.63) is 27.5 Å². The van der Waals surface area contributed by atoms with Crippen LogP contribution < -0.4 is 14.9 Å². The molecule has 28 heavy (non-hydrogen) atoms. The van der Waals surface area contributed by atoms with Gasteiger partial charge in [0.05, 0.1) is 5.46 Å². The van der Waals surface area contributed by atoms with E-state index < -0.39 is 6.98 Å². The van der Waals surface area contributed by atoms with E-state index in [-0.39, 0.29) is 36.0 Å². The fourth-order valence-electron chi connectivity index (χ4n) is 2.99. The molecule has 0 unspecified atom stereocenters. The number of nitroso groups, excluding NO2 is 2. The molecule has 0 spiro atoms.